The fourth-order valence-electron chi connectivity index (χ4n) is 2.96. The minimum absolute atomic E-state index is 0.0849. The molecule has 0 unspecified atom stereocenters. The number of thioether (sulfide) groups is 1. The first-order valence-corrected chi connectivity index (χ1v) is 9.82. The van der Waals surface area contributed by atoms with Gasteiger partial charge in [-0.1, -0.05) is 24.3 Å². The van der Waals surface area contributed by atoms with Crippen molar-refractivity contribution in [3.8, 4) is 0 Å². The van der Waals surface area contributed by atoms with E-state index in [0.29, 0.717) is 18.5 Å². The highest BCUT2D eigenvalue weighted by molar-refractivity contribution is 7.97. The van der Waals surface area contributed by atoms with E-state index in [1.165, 1.54) is 5.56 Å². The Bertz CT molecular complexity index is 759. The summed E-state index contributed by atoms with van der Waals surface area (Å²) in [5.41, 5.74) is 3.78. The molecule has 0 radical (unpaired) electrons. The monoisotopic (exact) mass is 354 g/mol. The number of hydrogen-bond acceptors (Lipinski definition) is 3. The lowest BCUT2D eigenvalue weighted by Gasteiger charge is -2.16. The van der Waals surface area contributed by atoms with Crippen LogP contribution in [0.5, 0.6) is 0 Å². The Balaban J connectivity index is 1.61. The van der Waals surface area contributed by atoms with Crippen LogP contribution in [-0.2, 0) is 17.1 Å². The van der Waals surface area contributed by atoms with E-state index in [2.05, 4.69) is 11.6 Å². The maximum atomic E-state index is 12.3. The highest BCUT2D eigenvalue weighted by Crippen LogP contribution is 2.22. The first-order valence-electron chi connectivity index (χ1n) is 8.43. The van der Waals surface area contributed by atoms with Gasteiger partial charge in [0.2, 0.25) is 5.91 Å². The number of rotatable bonds is 6. The molecule has 3 rings (SSSR count). The molecular formula is C20H22N2O2S. The fourth-order valence-corrected chi connectivity index (χ4v) is 3.48. The number of benzene rings is 2. The molecule has 0 spiro atoms. The molecule has 0 aliphatic carbocycles. The molecular weight excluding hydrogens is 332 g/mol. The lowest BCUT2D eigenvalue weighted by atomic mass is 10.1. The van der Waals surface area contributed by atoms with Gasteiger partial charge in [0.05, 0.1) is 0 Å². The van der Waals surface area contributed by atoms with Crippen LogP contribution in [0.15, 0.2) is 48.5 Å². The first kappa shape index (κ1) is 17.5. The number of hydrogen-bond donors (Lipinski definition) is 1. The van der Waals surface area contributed by atoms with Gasteiger partial charge >= 0.3 is 0 Å². The molecule has 0 saturated carbocycles. The molecule has 1 heterocycles. The minimum Gasteiger partial charge on any atom is -0.348 e. The second-order valence-electron chi connectivity index (χ2n) is 6.13. The smallest absolute Gasteiger partial charge is 0.251 e. The molecule has 1 aliphatic heterocycles. The molecule has 0 atom stereocenters. The predicted octanol–water partition coefficient (Wildman–Crippen LogP) is 3.61. The van der Waals surface area contributed by atoms with Crippen molar-refractivity contribution in [3.63, 3.8) is 0 Å². The number of anilines is 1. The summed E-state index contributed by atoms with van der Waals surface area (Å²) in [6.07, 6.45) is 3.59. The zero-order chi connectivity index (χ0) is 17.6. The molecule has 1 aliphatic rings. The van der Waals surface area contributed by atoms with Gasteiger partial charge < -0.3 is 10.2 Å². The summed E-state index contributed by atoms with van der Waals surface area (Å²) in [4.78, 5) is 26.0. The van der Waals surface area contributed by atoms with Crippen LogP contribution in [0.1, 0.15) is 34.3 Å². The lowest BCUT2D eigenvalue weighted by Crippen LogP contribution is -2.25. The van der Waals surface area contributed by atoms with Crippen LogP contribution in [0.25, 0.3) is 0 Å². The Morgan fingerprint density at radius 2 is 1.96 bits per heavy atom. The third kappa shape index (κ3) is 4.42. The quantitative estimate of drug-likeness (QED) is 0.862. The molecule has 1 N–H and O–H groups in total. The largest absolute Gasteiger partial charge is 0.348 e. The predicted molar refractivity (Wildman–Crippen MR) is 103 cm³/mol. The SMILES string of the molecule is CSCc1ccc(C(=O)NCc2cccc(N3CCCC3=O)c2)cc1. The van der Waals surface area contributed by atoms with Gasteiger partial charge in [0.1, 0.15) is 0 Å². The van der Waals surface area contributed by atoms with Crippen molar-refractivity contribution in [2.75, 3.05) is 17.7 Å². The third-order valence-corrected chi connectivity index (χ3v) is 4.90. The van der Waals surface area contributed by atoms with E-state index in [4.69, 9.17) is 0 Å². The maximum Gasteiger partial charge on any atom is 0.251 e. The summed E-state index contributed by atoms with van der Waals surface area (Å²) in [5.74, 6) is 1.04. The number of carbonyl (C=O) groups is 2. The normalized spacial score (nSPS) is 14.0. The molecule has 4 nitrogen and oxygen atoms in total. The number of carbonyl (C=O) groups excluding carboxylic acids is 2. The Morgan fingerprint density at radius 3 is 2.64 bits per heavy atom. The lowest BCUT2D eigenvalue weighted by molar-refractivity contribution is -0.117. The van der Waals surface area contributed by atoms with Crippen LogP contribution in [0.4, 0.5) is 5.69 Å². The number of nitrogens with zero attached hydrogens (tertiary/aromatic N) is 1. The molecule has 25 heavy (non-hydrogen) atoms. The standard InChI is InChI=1S/C20H22N2O2S/c1-25-14-15-7-9-17(10-8-15)20(24)21-13-16-4-2-5-18(12-16)22-11-3-6-19(22)23/h2,4-5,7-10,12H,3,6,11,13-14H2,1H3,(H,21,24). The summed E-state index contributed by atoms with van der Waals surface area (Å²) in [5, 5.41) is 2.95. The van der Waals surface area contributed by atoms with Crippen LogP contribution in [-0.4, -0.2) is 24.6 Å². The van der Waals surface area contributed by atoms with E-state index in [1.54, 1.807) is 11.8 Å². The van der Waals surface area contributed by atoms with Crippen LogP contribution >= 0.6 is 11.8 Å². The maximum absolute atomic E-state index is 12.3. The summed E-state index contributed by atoms with van der Waals surface area (Å²) >= 11 is 1.76. The third-order valence-electron chi connectivity index (χ3n) is 4.28. The topological polar surface area (TPSA) is 49.4 Å². The molecule has 1 fully saturated rings. The second-order valence-corrected chi connectivity index (χ2v) is 7.00. The molecule has 2 aromatic rings. The number of amides is 2. The van der Waals surface area contributed by atoms with Gasteiger partial charge in [0, 0.05) is 36.5 Å². The zero-order valence-electron chi connectivity index (χ0n) is 14.3. The highest BCUT2D eigenvalue weighted by Gasteiger charge is 2.21. The van der Waals surface area contributed by atoms with Gasteiger partial charge in [-0.15, -0.1) is 0 Å². The van der Waals surface area contributed by atoms with Crippen molar-refractivity contribution in [3.05, 3.63) is 65.2 Å². The second kappa shape index (κ2) is 8.21. The molecule has 130 valence electrons. The fraction of sp³-hybridized carbons (Fsp3) is 0.300. The molecule has 2 aromatic carbocycles. The summed E-state index contributed by atoms with van der Waals surface area (Å²) < 4.78 is 0. The van der Waals surface area contributed by atoms with Crippen LogP contribution in [0.2, 0.25) is 0 Å². The van der Waals surface area contributed by atoms with E-state index in [9.17, 15) is 9.59 Å². The molecule has 1 saturated heterocycles. The van der Waals surface area contributed by atoms with Gasteiger partial charge in [0.15, 0.2) is 0 Å². The van der Waals surface area contributed by atoms with Crippen LogP contribution < -0.4 is 10.2 Å². The summed E-state index contributed by atoms with van der Waals surface area (Å²) in [6, 6.07) is 15.5. The van der Waals surface area contributed by atoms with Gasteiger partial charge in [-0.3, -0.25) is 9.59 Å². The number of nitrogens with one attached hydrogen (secondary N) is 1. The van der Waals surface area contributed by atoms with Gasteiger partial charge in [-0.05, 0) is 48.1 Å². The Morgan fingerprint density at radius 1 is 1.16 bits per heavy atom. The van der Waals surface area contributed by atoms with E-state index in [1.807, 2.05) is 53.4 Å². The van der Waals surface area contributed by atoms with E-state index >= 15 is 0 Å². The van der Waals surface area contributed by atoms with E-state index in [0.717, 1.165) is 30.0 Å². The van der Waals surface area contributed by atoms with Gasteiger partial charge in [0.25, 0.3) is 5.91 Å². The van der Waals surface area contributed by atoms with Crippen molar-refractivity contribution in [2.24, 2.45) is 0 Å². The minimum atomic E-state index is -0.0849. The van der Waals surface area contributed by atoms with Crippen molar-refractivity contribution in [1.29, 1.82) is 0 Å². The van der Waals surface area contributed by atoms with Crippen molar-refractivity contribution >= 4 is 29.3 Å². The van der Waals surface area contributed by atoms with E-state index < -0.39 is 0 Å². The summed E-state index contributed by atoms with van der Waals surface area (Å²) in [6.45, 7) is 1.22. The molecule has 2 amide bonds. The van der Waals surface area contributed by atoms with Gasteiger partial charge in [-0.2, -0.15) is 11.8 Å². The average Bonchev–Trinajstić information content (AvgIpc) is 3.07. The summed E-state index contributed by atoms with van der Waals surface area (Å²) in [7, 11) is 0. The van der Waals surface area contributed by atoms with Gasteiger partial charge in [-0.25, -0.2) is 0 Å². The van der Waals surface area contributed by atoms with Crippen molar-refractivity contribution < 1.29 is 9.59 Å². The van der Waals surface area contributed by atoms with E-state index in [-0.39, 0.29) is 11.8 Å². The van der Waals surface area contributed by atoms with Crippen molar-refractivity contribution in [1.82, 2.24) is 5.32 Å². The molecule has 0 bridgehead atoms. The molecule has 0 aromatic heterocycles. The molecule has 5 heteroatoms. The van der Waals surface area contributed by atoms with Crippen molar-refractivity contribution in [2.45, 2.75) is 25.1 Å². The first-order chi connectivity index (χ1) is 12.2. The average molecular weight is 354 g/mol. The Hall–Kier alpha value is -2.27. The Labute approximate surface area is 152 Å². The Kier molecular flexibility index (Phi) is 5.76. The zero-order valence-corrected chi connectivity index (χ0v) is 15.1. The van der Waals surface area contributed by atoms with Crippen LogP contribution in [0, 0.1) is 0 Å². The van der Waals surface area contributed by atoms with Crippen LogP contribution in [0.3, 0.4) is 0 Å². The highest BCUT2D eigenvalue weighted by atomic mass is 32.2.